The number of ether oxygens (including phenoxy) is 1. The van der Waals surface area contributed by atoms with Gasteiger partial charge in [-0.3, -0.25) is 4.98 Å². The summed E-state index contributed by atoms with van der Waals surface area (Å²) in [5, 5.41) is 7.90. The first-order valence-electron chi connectivity index (χ1n) is 4.18. The molecule has 2 aromatic heterocycles. The Morgan fingerprint density at radius 1 is 1.00 bits per heavy atom. The zero-order valence-corrected chi connectivity index (χ0v) is 7.71. The Kier molecular flexibility index (Phi) is 2.36. The van der Waals surface area contributed by atoms with Gasteiger partial charge in [-0.05, 0) is 18.2 Å². The van der Waals surface area contributed by atoms with Crippen LogP contribution in [0, 0.1) is 0 Å². The lowest BCUT2D eigenvalue weighted by atomic mass is 10.2. The van der Waals surface area contributed by atoms with Gasteiger partial charge in [0.1, 0.15) is 0 Å². The van der Waals surface area contributed by atoms with Crippen LogP contribution in [0.3, 0.4) is 0 Å². The second-order valence-corrected chi connectivity index (χ2v) is 2.70. The van der Waals surface area contributed by atoms with Crippen LogP contribution in [0.5, 0.6) is 5.88 Å². The highest BCUT2D eigenvalue weighted by molar-refractivity contribution is 5.57. The maximum Gasteiger partial charge on any atom is 0.233 e. The van der Waals surface area contributed by atoms with Crippen LogP contribution in [0.25, 0.3) is 11.3 Å². The highest BCUT2D eigenvalue weighted by atomic mass is 16.5. The van der Waals surface area contributed by atoms with Crippen LogP contribution in [0.15, 0.2) is 36.7 Å². The summed E-state index contributed by atoms with van der Waals surface area (Å²) in [4.78, 5) is 3.93. The fraction of sp³-hybridized carbons (Fsp3) is 0.100. The third-order valence-electron chi connectivity index (χ3n) is 1.83. The van der Waals surface area contributed by atoms with Crippen molar-refractivity contribution < 1.29 is 4.74 Å². The number of aromatic nitrogens is 3. The first-order chi connectivity index (χ1) is 6.90. The predicted molar refractivity (Wildman–Crippen MR) is 51.8 cm³/mol. The lowest BCUT2D eigenvalue weighted by Gasteiger charge is -2.00. The quantitative estimate of drug-likeness (QED) is 0.715. The first-order valence-corrected chi connectivity index (χ1v) is 4.18. The molecule has 0 saturated carbocycles. The van der Waals surface area contributed by atoms with Gasteiger partial charge < -0.3 is 4.74 Å². The van der Waals surface area contributed by atoms with Gasteiger partial charge in [-0.1, -0.05) is 0 Å². The molecule has 0 fully saturated rings. The van der Waals surface area contributed by atoms with E-state index in [0.717, 1.165) is 11.3 Å². The summed E-state index contributed by atoms with van der Waals surface area (Å²) in [6, 6.07) is 7.41. The van der Waals surface area contributed by atoms with Crippen molar-refractivity contribution in [2.24, 2.45) is 0 Å². The molecule has 0 aromatic carbocycles. The minimum atomic E-state index is 0.516. The largest absolute Gasteiger partial charge is 0.480 e. The van der Waals surface area contributed by atoms with Gasteiger partial charge in [0, 0.05) is 24.0 Å². The number of rotatable bonds is 2. The Bertz CT molecular complexity index is 399. The summed E-state index contributed by atoms with van der Waals surface area (Å²) < 4.78 is 4.92. The van der Waals surface area contributed by atoms with Crippen LogP contribution >= 0.6 is 0 Å². The second-order valence-electron chi connectivity index (χ2n) is 2.70. The Morgan fingerprint density at radius 3 is 2.36 bits per heavy atom. The molecule has 0 aliphatic carbocycles. The van der Waals surface area contributed by atoms with Crippen molar-refractivity contribution in [1.82, 2.24) is 15.2 Å². The minimum absolute atomic E-state index is 0.516. The van der Waals surface area contributed by atoms with Crippen molar-refractivity contribution in [1.29, 1.82) is 0 Å². The zero-order valence-electron chi connectivity index (χ0n) is 7.71. The maximum atomic E-state index is 4.92. The average Bonchev–Trinajstić information content (AvgIpc) is 2.30. The lowest BCUT2D eigenvalue weighted by molar-refractivity contribution is 0.392. The van der Waals surface area contributed by atoms with Crippen molar-refractivity contribution in [3.05, 3.63) is 36.7 Å². The van der Waals surface area contributed by atoms with Crippen LogP contribution < -0.4 is 4.74 Å². The van der Waals surface area contributed by atoms with Gasteiger partial charge in [0.15, 0.2) is 0 Å². The van der Waals surface area contributed by atoms with E-state index in [1.54, 1.807) is 25.6 Å². The summed E-state index contributed by atoms with van der Waals surface area (Å²) in [5.41, 5.74) is 1.81. The molecular weight excluding hydrogens is 178 g/mol. The van der Waals surface area contributed by atoms with Gasteiger partial charge in [-0.15, -0.1) is 10.2 Å². The van der Waals surface area contributed by atoms with Gasteiger partial charge in [0.05, 0.1) is 12.8 Å². The summed E-state index contributed by atoms with van der Waals surface area (Å²) in [6.07, 6.45) is 3.45. The number of hydrogen-bond acceptors (Lipinski definition) is 4. The number of hydrogen-bond donors (Lipinski definition) is 0. The van der Waals surface area contributed by atoms with Crippen molar-refractivity contribution in [2.45, 2.75) is 0 Å². The Morgan fingerprint density at radius 2 is 1.79 bits per heavy atom. The molecule has 0 saturated heterocycles. The van der Waals surface area contributed by atoms with E-state index in [0.29, 0.717) is 5.88 Å². The van der Waals surface area contributed by atoms with Gasteiger partial charge >= 0.3 is 0 Å². The molecule has 0 aliphatic rings. The maximum absolute atomic E-state index is 4.92. The topological polar surface area (TPSA) is 47.9 Å². The minimum Gasteiger partial charge on any atom is -0.480 e. The molecule has 4 nitrogen and oxygen atoms in total. The molecule has 0 radical (unpaired) electrons. The average molecular weight is 187 g/mol. The molecule has 4 heteroatoms. The van der Waals surface area contributed by atoms with E-state index < -0.39 is 0 Å². The third kappa shape index (κ3) is 1.69. The van der Waals surface area contributed by atoms with E-state index in [2.05, 4.69) is 15.2 Å². The van der Waals surface area contributed by atoms with E-state index in [4.69, 9.17) is 4.74 Å². The van der Waals surface area contributed by atoms with Crippen LogP contribution in [0.1, 0.15) is 0 Å². The Labute approximate surface area is 81.6 Å². The monoisotopic (exact) mass is 187 g/mol. The second kappa shape index (κ2) is 3.83. The van der Waals surface area contributed by atoms with E-state index in [-0.39, 0.29) is 0 Å². The normalized spacial score (nSPS) is 9.79. The van der Waals surface area contributed by atoms with E-state index in [9.17, 15) is 0 Å². The van der Waals surface area contributed by atoms with E-state index in [1.165, 1.54) is 0 Å². The molecular formula is C10H9N3O. The van der Waals surface area contributed by atoms with Gasteiger partial charge in [-0.25, -0.2) is 0 Å². The van der Waals surface area contributed by atoms with Crippen molar-refractivity contribution >= 4 is 0 Å². The fourth-order valence-corrected chi connectivity index (χ4v) is 1.11. The van der Waals surface area contributed by atoms with Crippen LogP contribution in [-0.2, 0) is 0 Å². The standard InChI is InChI=1S/C10H9N3O/c1-14-10-3-2-9(12-13-10)8-4-6-11-7-5-8/h2-7H,1H3. The Balaban J connectivity index is 2.34. The summed E-state index contributed by atoms with van der Waals surface area (Å²) in [5.74, 6) is 0.516. The number of pyridine rings is 1. The van der Waals surface area contributed by atoms with Gasteiger partial charge in [0.2, 0.25) is 5.88 Å². The van der Waals surface area contributed by atoms with Crippen LogP contribution in [0.4, 0.5) is 0 Å². The predicted octanol–water partition coefficient (Wildman–Crippen LogP) is 1.55. The molecule has 0 aliphatic heterocycles. The highest BCUT2D eigenvalue weighted by Gasteiger charge is 1.99. The molecule has 70 valence electrons. The first kappa shape index (κ1) is 8.62. The molecule has 0 amide bonds. The summed E-state index contributed by atoms with van der Waals surface area (Å²) in [6.45, 7) is 0. The molecule has 2 aromatic rings. The van der Waals surface area contributed by atoms with Gasteiger partial charge in [-0.2, -0.15) is 0 Å². The lowest BCUT2D eigenvalue weighted by Crippen LogP contribution is -1.91. The van der Waals surface area contributed by atoms with Crippen LogP contribution in [0.2, 0.25) is 0 Å². The SMILES string of the molecule is COc1ccc(-c2ccncc2)nn1. The van der Waals surface area contributed by atoms with E-state index in [1.807, 2.05) is 18.2 Å². The third-order valence-corrected chi connectivity index (χ3v) is 1.83. The molecule has 14 heavy (non-hydrogen) atoms. The molecule has 0 spiro atoms. The van der Waals surface area contributed by atoms with E-state index >= 15 is 0 Å². The molecule has 0 N–H and O–H groups in total. The fourth-order valence-electron chi connectivity index (χ4n) is 1.11. The van der Waals surface area contributed by atoms with Crippen molar-refractivity contribution in [3.8, 4) is 17.1 Å². The van der Waals surface area contributed by atoms with Crippen molar-refractivity contribution in [2.75, 3.05) is 7.11 Å². The summed E-state index contributed by atoms with van der Waals surface area (Å²) in [7, 11) is 1.57. The van der Waals surface area contributed by atoms with Crippen molar-refractivity contribution in [3.63, 3.8) is 0 Å². The van der Waals surface area contributed by atoms with Crippen LogP contribution in [-0.4, -0.2) is 22.3 Å². The van der Waals surface area contributed by atoms with Gasteiger partial charge in [0.25, 0.3) is 0 Å². The highest BCUT2D eigenvalue weighted by Crippen LogP contribution is 2.15. The summed E-state index contributed by atoms with van der Waals surface area (Å²) >= 11 is 0. The smallest absolute Gasteiger partial charge is 0.233 e. The Hall–Kier alpha value is -1.97. The molecule has 0 atom stereocenters. The molecule has 0 unspecified atom stereocenters. The molecule has 0 bridgehead atoms. The zero-order chi connectivity index (χ0) is 9.80. The molecule has 2 heterocycles. The number of nitrogens with zero attached hydrogens (tertiary/aromatic N) is 3. The molecule has 2 rings (SSSR count). The number of methoxy groups -OCH3 is 1.